The van der Waals surface area contributed by atoms with Crippen LogP contribution in [0, 0.1) is 5.92 Å². The van der Waals surface area contributed by atoms with Gasteiger partial charge in [0.1, 0.15) is 0 Å². The third-order valence-corrected chi connectivity index (χ3v) is 2.95. The zero-order chi connectivity index (χ0) is 12.1. The summed E-state index contributed by atoms with van der Waals surface area (Å²) < 4.78 is 0. The van der Waals surface area contributed by atoms with Crippen LogP contribution in [0.1, 0.15) is 13.3 Å². The van der Waals surface area contributed by atoms with E-state index in [0.29, 0.717) is 5.92 Å². The number of fused-ring (bicyclic) bond motifs is 1. The maximum atomic E-state index is 5.55. The molecule has 0 saturated heterocycles. The molecule has 17 heavy (non-hydrogen) atoms. The Bertz CT molecular complexity index is 476. The molecular formula is C14H19N3. The fraction of sp³-hybridized carbons (Fsp3) is 0.357. The van der Waals surface area contributed by atoms with E-state index in [9.17, 15) is 0 Å². The van der Waals surface area contributed by atoms with E-state index in [2.05, 4.69) is 23.3 Å². The minimum absolute atomic E-state index is 0.590. The van der Waals surface area contributed by atoms with Crippen LogP contribution < -0.4 is 11.1 Å². The van der Waals surface area contributed by atoms with Gasteiger partial charge in [0, 0.05) is 23.8 Å². The van der Waals surface area contributed by atoms with E-state index in [0.717, 1.165) is 30.7 Å². The van der Waals surface area contributed by atoms with Gasteiger partial charge in [-0.2, -0.15) is 0 Å². The third kappa shape index (κ3) is 2.94. The summed E-state index contributed by atoms with van der Waals surface area (Å²) in [5, 5.41) is 4.65. The first-order valence-electron chi connectivity index (χ1n) is 6.09. The van der Waals surface area contributed by atoms with Crippen molar-refractivity contribution < 1.29 is 0 Å². The normalized spacial score (nSPS) is 12.6. The predicted octanol–water partition coefficient (Wildman–Crippen LogP) is 2.63. The fourth-order valence-electron chi connectivity index (χ4n) is 1.92. The van der Waals surface area contributed by atoms with Gasteiger partial charge in [0.25, 0.3) is 0 Å². The van der Waals surface area contributed by atoms with Crippen LogP contribution in [0.15, 0.2) is 36.5 Å². The van der Waals surface area contributed by atoms with Crippen molar-refractivity contribution >= 4 is 16.6 Å². The number of benzene rings is 1. The van der Waals surface area contributed by atoms with Crippen LogP contribution in [0.5, 0.6) is 0 Å². The lowest BCUT2D eigenvalue weighted by Gasteiger charge is -2.13. The molecule has 0 fully saturated rings. The van der Waals surface area contributed by atoms with Crippen molar-refractivity contribution in [3.05, 3.63) is 36.5 Å². The van der Waals surface area contributed by atoms with Crippen molar-refractivity contribution in [1.82, 2.24) is 4.98 Å². The summed E-state index contributed by atoms with van der Waals surface area (Å²) in [5.41, 5.74) is 7.73. The highest BCUT2D eigenvalue weighted by Crippen LogP contribution is 2.21. The minimum Gasteiger partial charge on any atom is -0.384 e. The summed E-state index contributed by atoms with van der Waals surface area (Å²) in [6, 6.07) is 10.2. The summed E-state index contributed by atoms with van der Waals surface area (Å²) >= 11 is 0. The van der Waals surface area contributed by atoms with Gasteiger partial charge in [0.15, 0.2) is 0 Å². The smallest absolute Gasteiger partial charge is 0.0722 e. The highest BCUT2D eigenvalue weighted by molar-refractivity contribution is 5.90. The molecule has 90 valence electrons. The van der Waals surface area contributed by atoms with Gasteiger partial charge in [-0.1, -0.05) is 25.1 Å². The van der Waals surface area contributed by atoms with E-state index in [1.54, 1.807) is 0 Å². The number of pyridine rings is 1. The number of nitrogens with one attached hydrogen (secondary N) is 1. The number of hydrogen-bond donors (Lipinski definition) is 2. The lowest BCUT2D eigenvalue weighted by Crippen LogP contribution is -2.15. The zero-order valence-corrected chi connectivity index (χ0v) is 10.2. The number of nitrogens with two attached hydrogens (primary N) is 1. The van der Waals surface area contributed by atoms with Crippen LogP contribution in [0.3, 0.4) is 0 Å². The molecule has 3 nitrogen and oxygen atoms in total. The monoisotopic (exact) mass is 229 g/mol. The lowest BCUT2D eigenvalue weighted by atomic mass is 10.1. The Kier molecular flexibility index (Phi) is 3.94. The molecule has 2 rings (SSSR count). The molecule has 0 spiro atoms. The standard InChI is InChI=1S/C14H19N3/c1-11(6-8-15)10-17-14-7-9-16-13-5-3-2-4-12(13)14/h2-5,7,9,11H,6,8,10,15H2,1H3,(H,16,17). The average Bonchev–Trinajstić information content (AvgIpc) is 2.36. The molecule has 1 aromatic heterocycles. The number of para-hydroxylation sites is 1. The maximum absolute atomic E-state index is 5.55. The summed E-state index contributed by atoms with van der Waals surface area (Å²) in [4.78, 5) is 4.35. The Labute approximate surface area is 102 Å². The van der Waals surface area contributed by atoms with Gasteiger partial charge in [-0.05, 0) is 31.0 Å². The summed E-state index contributed by atoms with van der Waals surface area (Å²) in [6.45, 7) is 3.91. The predicted molar refractivity (Wildman–Crippen MR) is 73.1 cm³/mol. The first-order valence-corrected chi connectivity index (χ1v) is 6.09. The quantitative estimate of drug-likeness (QED) is 0.828. The molecular weight excluding hydrogens is 210 g/mol. The Morgan fingerprint density at radius 3 is 2.94 bits per heavy atom. The summed E-state index contributed by atoms with van der Waals surface area (Å²) in [6.07, 6.45) is 2.90. The number of anilines is 1. The van der Waals surface area contributed by atoms with E-state index >= 15 is 0 Å². The van der Waals surface area contributed by atoms with Gasteiger partial charge in [-0.25, -0.2) is 0 Å². The van der Waals surface area contributed by atoms with Gasteiger partial charge >= 0.3 is 0 Å². The largest absolute Gasteiger partial charge is 0.384 e. The summed E-state index contributed by atoms with van der Waals surface area (Å²) in [5.74, 6) is 0.590. The van der Waals surface area contributed by atoms with Crippen molar-refractivity contribution in [2.45, 2.75) is 13.3 Å². The summed E-state index contributed by atoms with van der Waals surface area (Å²) in [7, 11) is 0. The van der Waals surface area contributed by atoms with Gasteiger partial charge in [-0.15, -0.1) is 0 Å². The minimum atomic E-state index is 0.590. The van der Waals surface area contributed by atoms with Crippen molar-refractivity contribution in [1.29, 1.82) is 0 Å². The first-order chi connectivity index (χ1) is 8.31. The van der Waals surface area contributed by atoms with Crippen LogP contribution in [-0.4, -0.2) is 18.1 Å². The second-order valence-corrected chi connectivity index (χ2v) is 4.44. The van der Waals surface area contributed by atoms with Crippen LogP contribution in [0.4, 0.5) is 5.69 Å². The van der Waals surface area contributed by atoms with Crippen LogP contribution in [0.2, 0.25) is 0 Å². The number of nitrogens with zero attached hydrogens (tertiary/aromatic N) is 1. The van der Waals surface area contributed by atoms with Crippen molar-refractivity contribution in [2.24, 2.45) is 11.7 Å². The third-order valence-electron chi connectivity index (χ3n) is 2.95. The molecule has 1 heterocycles. The van der Waals surface area contributed by atoms with Gasteiger partial charge < -0.3 is 11.1 Å². The molecule has 0 bridgehead atoms. The SMILES string of the molecule is CC(CCN)CNc1ccnc2ccccc12. The van der Waals surface area contributed by atoms with Crippen molar-refractivity contribution in [3.8, 4) is 0 Å². The Balaban J connectivity index is 2.13. The molecule has 1 aromatic carbocycles. The van der Waals surface area contributed by atoms with E-state index < -0.39 is 0 Å². The van der Waals surface area contributed by atoms with E-state index in [-0.39, 0.29) is 0 Å². The van der Waals surface area contributed by atoms with Crippen LogP contribution in [-0.2, 0) is 0 Å². The van der Waals surface area contributed by atoms with Crippen LogP contribution >= 0.6 is 0 Å². The molecule has 1 atom stereocenters. The second kappa shape index (κ2) is 5.64. The number of rotatable bonds is 5. The van der Waals surface area contributed by atoms with E-state index in [1.807, 2.05) is 30.5 Å². The highest BCUT2D eigenvalue weighted by atomic mass is 14.9. The Morgan fingerprint density at radius 1 is 1.29 bits per heavy atom. The molecule has 0 aliphatic rings. The van der Waals surface area contributed by atoms with E-state index in [1.165, 1.54) is 5.39 Å². The van der Waals surface area contributed by atoms with Gasteiger partial charge in [-0.3, -0.25) is 4.98 Å². The average molecular weight is 229 g/mol. The molecule has 1 unspecified atom stereocenters. The number of aromatic nitrogens is 1. The van der Waals surface area contributed by atoms with Gasteiger partial charge in [0.2, 0.25) is 0 Å². The Morgan fingerprint density at radius 2 is 2.12 bits per heavy atom. The molecule has 3 heteroatoms. The molecule has 2 aromatic rings. The molecule has 0 aliphatic heterocycles. The number of hydrogen-bond acceptors (Lipinski definition) is 3. The first kappa shape index (κ1) is 11.9. The maximum Gasteiger partial charge on any atom is 0.0722 e. The zero-order valence-electron chi connectivity index (χ0n) is 10.2. The second-order valence-electron chi connectivity index (χ2n) is 4.44. The molecule has 0 radical (unpaired) electrons. The molecule has 0 amide bonds. The lowest BCUT2D eigenvalue weighted by molar-refractivity contribution is 0.568. The van der Waals surface area contributed by atoms with E-state index in [4.69, 9.17) is 5.73 Å². The van der Waals surface area contributed by atoms with Crippen LogP contribution in [0.25, 0.3) is 10.9 Å². The van der Waals surface area contributed by atoms with Crippen molar-refractivity contribution in [2.75, 3.05) is 18.4 Å². The molecule has 0 saturated carbocycles. The molecule has 0 aliphatic carbocycles. The van der Waals surface area contributed by atoms with Crippen molar-refractivity contribution in [3.63, 3.8) is 0 Å². The topological polar surface area (TPSA) is 50.9 Å². The van der Waals surface area contributed by atoms with Gasteiger partial charge in [0.05, 0.1) is 5.52 Å². The molecule has 3 N–H and O–H groups in total. The fourth-order valence-corrected chi connectivity index (χ4v) is 1.92. The highest BCUT2D eigenvalue weighted by Gasteiger charge is 2.03. The Hall–Kier alpha value is -1.61.